The molecule has 1 unspecified atom stereocenters. The third kappa shape index (κ3) is 4.14. The summed E-state index contributed by atoms with van der Waals surface area (Å²) in [6.45, 7) is 2.69. The van der Waals surface area contributed by atoms with E-state index in [1.807, 2.05) is 11.8 Å². The van der Waals surface area contributed by atoms with Crippen molar-refractivity contribution in [3.05, 3.63) is 0 Å². The van der Waals surface area contributed by atoms with E-state index < -0.39 is 0 Å². The van der Waals surface area contributed by atoms with Crippen molar-refractivity contribution in [1.82, 2.24) is 15.5 Å². The van der Waals surface area contributed by atoms with Crippen molar-refractivity contribution < 1.29 is 4.79 Å². The van der Waals surface area contributed by atoms with E-state index in [1.165, 1.54) is 25.7 Å². The Hall–Kier alpha value is -0.260. The lowest BCUT2D eigenvalue weighted by atomic mass is 10.2. The summed E-state index contributed by atoms with van der Waals surface area (Å²) in [4.78, 5) is 14.3. The number of likely N-dealkylation sites (N-methyl/N-ethyl adjacent to an activating group) is 1. The molecule has 4 nitrogen and oxygen atoms in total. The van der Waals surface area contributed by atoms with Crippen LogP contribution in [0.1, 0.15) is 25.7 Å². The maximum atomic E-state index is 11.9. The van der Waals surface area contributed by atoms with Gasteiger partial charge in [-0.3, -0.25) is 4.79 Å². The number of rotatable bonds is 5. The number of amides is 1. The predicted molar refractivity (Wildman–Crippen MR) is 77.0 cm³/mol. The standard InChI is InChI=1S/C13H25N3OS/c1-16(11-4-2-3-5-11)8-6-15-13(17)12-10-18-9-7-14-12/h11-12,14H,2-10H2,1H3,(H,15,17). The molecule has 1 saturated heterocycles. The first-order valence-corrected chi connectivity index (χ1v) is 8.22. The van der Waals surface area contributed by atoms with Crippen LogP contribution in [0, 0.1) is 0 Å². The maximum Gasteiger partial charge on any atom is 0.238 e. The van der Waals surface area contributed by atoms with Gasteiger partial charge in [0.2, 0.25) is 5.91 Å². The molecular weight excluding hydrogens is 246 g/mol. The molecule has 1 heterocycles. The summed E-state index contributed by atoms with van der Waals surface area (Å²) >= 11 is 1.86. The van der Waals surface area contributed by atoms with E-state index in [1.54, 1.807) is 0 Å². The summed E-state index contributed by atoms with van der Waals surface area (Å²) in [6.07, 6.45) is 5.38. The van der Waals surface area contributed by atoms with Crippen LogP contribution in [-0.4, -0.2) is 61.1 Å². The molecule has 0 aromatic carbocycles. The summed E-state index contributed by atoms with van der Waals surface area (Å²) in [7, 11) is 2.18. The Kier molecular flexibility index (Phi) is 5.79. The molecule has 2 aliphatic rings. The lowest BCUT2D eigenvalue weighted by Gasteiger charge is -2.25. The first kappa shape index (κ1) is 14.2. The van der Waals surface area contributed by atoms with Crippen LogP contribution in [0.5, 0.6) is 0 Å². The van der Waals surface area contributed by atoms with Crippen LogP contribution in [0.25, 0.3) is 0 Å². The zero-order valence-corrected chi connectivity index (χ0v) is 12.1. The molecule has 0 radical (unpaired) electrons. The van der Waals surface area contributed by atoms with E-state index in [0.717, 1.165) is 37.2 Å². The van der Waals surface area contributed by atoms with Crippen molar-refractivity contribution >= 4 is 17.7 Å². The third-order valence-corrected chi connectivity index (χ3v) is 5.01. The van der Waals surface area contributed by atoms with Crippen molar-refractivity contribution in [2.24, 2.45) is 0 Å². The Bertz CT molecular complexity index is 263. The van der Waals surface area contributed by atoms with Gasteiger partial charge in [-0.2, -0.15) is 11.8 Å². The Morgan fingerprint density at radius 3 is 2.89 bits per heavy atom. The van der Waals surface area contributed by atoms with Gasteiger partial charge in [0.15, 0.2) is 0 Å². The quantitative estimate of drug-likeness (QED) is 0.772. The minimum atomic E-state index is 0.0144. The van der Waals surface area contributed by atoms with Crippen LogP contribution in [-0.2, 0) is 4.79 Å². The Labute approximate surface area is 114 Å². The molecule has 1 amide bonds. The summed E-state index contributed by atoms with van der Waals surface area (Å²) < 4.78 is 0. The van der Waals surface area contributed by atoms with Gasteiger partial charge in [-0.15, -0.1) is 0 Å². The summed E-state index contributed by atoms with van der Waals surface area (Å²) in [5, 5.41) is 6.32. The fraction of sp³-hybridized carbons (Fsp3) is 0.923. The summed E-state index contributed by atoms with van der Waals surface area (Å²) in [5.74, 6) is 2.19. The fourth-order valence-corrected chi connectivity index (χ4v) is 3.67. The highest BCUT2D eigenvalue weighted by molar-refractivity contribution is 7.99. The van der Waals surface area contributed by atoms with Crippen LogP contribution in [0.3, 0.4) is 0 Å². The normalized spacial score (nSPS) is 25.6. The zero-order valence-electron chi connectivity index (χ0n) is 11.3. The lowest BCUT2D eigenvalue weighted by Crippen LogP contribution is -2.50. The predicted octanol–water partition coefficient (Wildman–Crippen LogP) is 0.682. The van der Waals surface area contributed by atoms with Crippen LogP contribution >= 0.6 is 11.8 Å². The van der Waals surface area contributed by atoms with Crippen LogP contribution < -0.4 is 10.6 Å². The number of carbonyl (C=O) groups is 1. The third-order valence-electron chi connectivity index (χ3n) is 3.95. The fourth-order valence-electron chi connectivity index (χ4n) is 2.74. The smallest absolute Gasteiger partial charge is 0.238 e. The highest BCUT2D eigenvalue weighted by atomic mass is 32.2. The topological polar surface area (TPSA) is 44.4 Å². The van der Waals surface area contributed by atoms with E-state index in [0.29, 0.717) is 0 Å². The van der Waals surface area contributed by atoms with Gasteiger partial charge in [0.05, 0.1) is 6.04 Å². The molecule has 0 aromatic rings. The number of carbonyl (C=O) groups excluding carboxylic acids is 1. The molecule has 18 heavy (non-hydrogen) atoms. The molecule has 2 N–H and O–H groups in total. The number of nitrogens with zero attached hydrogens (tertiary/aromatic N) is 1. The van der Waals surface area contributed by atoms with Gasteiger partial charge in [-0.05, 0) is 19.9 Å². The molecule has 0 aromatic heterocycles. The van der Waals surface area contributed by atoms with E-state index in [-0.39, 0.29) is 11.9 Å². The lowest BCUT2D eigenvalue weighted by molar-refractivity contribution is -0.122. The maximum absolute atomic E-state index is 11.9. The first-order valence-electron chi connectivity index (χ1n) is 7.06. The van der Waals surface area contributed by atoms with Crippen molar-refractivity contribution in [3.8, 4) is 0 Å². The molecule has 1 aliphatic carbocycles. The average molecular weight is 271 g/mol. The van der Waals surface area contributed by atoms with Crippen LogP contribution in [0.4, 0.5) is 0 Å². The Balaban J connectivity index is 1.60. The minimum Gasteiger partial charge on any atom is -0.353 e. The molecule has 1 saturated carbocycles. The Morgan fingerprint density at radius 1 is 1.44 bits per heavy atom. The highest BCUT2D eigenvalue weighted by Crippen LogP contribution is 2.21. The van der Waals surface area contributed by atoms with Gasteiger partial charge in [-0.1, -0.05) is 12.8 Å². The van der Waals surface area contributed by atoms with Crippen molar-refractivity contribution in [2.45, 2.75) is 37.8 Å². The molecule has 0 spiro atoms. The molecule has 104 valence electrons. The van der Waals surface area contributed by atoms with Gasteiger partial charge in [0.25, 0.3) is 0 Å². The zero-order chi connectivity index (χ0) is 12.8. The van der Waals surface area contributed by atoms with E-state index >= 15 is 0 Å². The number of hydrogen-bond donors (Lipinski definition) is 2. The molecule has 1 aliphatic heterocycles. The SMILES string of the molecule is CN(CCNC(=O)C1CSCCN1)C1CCCC1. The number of nitrogens with one attached hydrogen (secondary N) is 2. The summed E-state index contributed by atoms with van der Waals surface area (Å²) in [5.41, 5.74) is 0. The van der Waals surface area contributed by atoms with E-state index in [9.17, 15) is 4.79 Å². The monoisotopic (exact) mass is 271 g/mol. The van der Waals surface area contributed by atoms with Gasteiger partial charge in [0, 0.05) is 37.2 Å². The molecule has 5 heteroatoms. The second-order valence-electron chi connectivity index (χ2n) is 5.29. The highest BCUT2D eigenvalue weighted by Gasteiger charge is 2.22. The average Bonchev–Trinajstić information content (AvgIpc) is 2.93. The van der Waals surface area contributed by atoms with Crippen molar-refractivity contribution in [3.63, 3.8) is 0 Å². The van der Waals surface area contributed by atoms with Gasteiger partial charge in [-0.25, -0.2) is 0 Å². The largest absolute Gasteiger partial charge is 0.353 e. The van der Waals surface area contributed by atoms with Gasteiger partial charge < -0.3 is 15.5 Å². The second-order valence-corrected chi connectivity index (χ2v) is 6.44. The van der Waals surface area contributed by atoms with E-state index in [2.05, 4.69) is 22.6 Å². The molecular formula is C13H25N3OS. The van der Waals surface area contributed by atoms with Crippen molar-refractivity contribution in [2.75, 3.05) is 38.2 Å². The Morgan fingerprint density at radius 2 is 2.22 bits per heavy atom. The molecule has 2 rings (SSSR count). The molecule has 0 bridgehead atoms. The van der Waals surface area contributed by atoms with Crippen LogP contribution in [0.2, 0.25) is 0 Å². The second kappa shape index (κ2) is 7.36. The van der Waals surface area contributed by atoms with Crippen molar-refractivity contribution in [1.29, 1.82) is 0 Å². The van der Waals surface area contributed by atoms with Gasteiger partial charge >= 0.3 is 0 Å². The number of hydrogen-bond acceptors (Lipinski definition) is 4. The molecule has 2 fully saturated rings. The van der Waals surface area contributed by atoms with Crippen LogP contribution in [0.15, 0.2) is 0 Å². The first-order chi connectivity index (χ1) is 8.77. The summed E-state index contributed by atoms with van der Waals surface area (Å²) in [6, 6.07) is 0.755. The van der Waals surface area contributed by atoms with E-state index in [4.69, 9.17) is 0 Å². The van der Waals surface area contributed by atoms with Gasteiger partial charge in [0.1, 0.15) is 0 Å². The number of thioether (sulfide) groups is 1. The minimum absolute atomic E-state index is 0.0144. The molecule has 1 atom stereocenters.